The van der Waals surface area contributed by atoms with Gasteiger partial charge in [0.2, 0.25) is 0 Å². The fourth-order valence-electron chi connectivity index (χ4n) is 2.95. The predicted molar refractivity (Wildman–Crippen MR) is 104 cm³/mol. The Labute approximate surface area is 159 Å². The monoisotopic (exact) mass is 370 g/mol. The Hall–Kier alpha value is -3.02. The van der Waals surface area contributed by atoms with Gasteiger partial charge in [0.05, 0.1) is 13.2 Å². The molecule has 144 valence electrons. The standard InChI is InChI=1S/C21H26N2O4/c1-15(18-10-6-7-11-19(18)27-2)22-21(26)23-17(12-13-20(24)25)14-16-8-4-3-5-9-16/h3-11,15,17H,12-14H2,1-2H3,(H,24,25)(H2,22,23,26). The molecule has 0 aliphatic heterocycles. The second kappa shape index (κ2) is 10.2. The van der Waals surface area contributed by atoms with Crippen molar-refractivity contribution >= 4 is 12.0 Å². The Morgan fingerprint density at radius 2 is 1.70 bits per heavy atom. The van der Waals surface area contributed by atoms with Crippen LogP contribution in [0.3, 0.4) is 0 Å². The van der Waals surface area contributed by atoms with E-state index >= 15 is 0 Å². The van der Waals surface area contributed by atoms with Gasteiger partial charge in [0.15, 0.2) is 0 Å². The molecule has 0 fully saturated rings. The number of nitrogens with one attached hydrogen (secondary N) is 2. The molecule has 6 nitrogen and oxygen atoms in total. The van der Waals surface area contributed by atoms with Crippen LogP contribution in [0.15, 0.2) is 54.6 Å². The van der Waals surface area contributed by atoms with Gasteiger partial charge < -0.3 is 20.5 Å². The van der Waals surface area contributed by atoms with Crippen molar-refractivity contribution in [2.75, 3.05) is 7.11 Å². The molecule has 0 heterocycles. The molecule has 6 heteroatoms. The van der Waals surface area contributed by atoms with Gasteiger partial charge in [0, 0.05) is 18.0 Å². The van der Waals surface area contributed by atoms with Crippen LogP contribution in [0.2, 0.25) is 0 Å². The molecule has 0 aliphatic rings. The Kier molecular flexibility index (Phi) is 7.67. The molecule has 27 heavy (non-hydrogen) atoms. The molecule has 0 aliphatic carbocycles. The number of methoxy groups -OCH3 is 1. The lowest BCUT2D eigenvalue weighted by Crippen LogP contribution is -2.44. The number of para-hydroxylation sites is 1. The Morgan fingerprint density at radius 3 is 2.37 bits per heavy atom. The first-order valence-electron chi connectivity index (χ1n) is 8.95. The molecule has 0 aromatic heterocycles. The lowest BCUT2D eigenvalue weighted by atomic mass is 10.0. The van der Waals surface area contributed by atoms with Gasteiger partial charge in [0.25, 0.3) is 0 Å². The van der Waals surface area contributed by atoms with E-state index in [2.05, 4.69) is 10.6 Å². The number of carbonyl (C=O) groups is 2. The number of hydrogen-bond donors (Lipinski definition) is 3. The number of urea groups is 1. The van der Waals surface area contributed by atoms with E-state index in [9.17, 15) is 9.59 Å². The quantitative estimate of drug-likeness (QED) is 0.630. The summed E-state index contributed by atoms with van der Waals surface area (Å²) < 4.78 is 5.34. The summed E-state index contributed by atoms with van der Waals surface area (Å²) in [5.41, 5.74) is 1.92. The van der Waals surface area contributed by atoms with Crippen LogP contribution in [-0.4, -0.2) is 30.3 Å². The maximum Gasteiger partial charge on any atom is 0.315 e. The van der Waals surface area contributed by atoms with Crippen LogP contribution >= 0.6 is 0 Å². The summed E-state index contributed by atoms with van der Waals surface area (Å²) >= 11 is 0. The minimum Gasteiger partial charge on any atom is -0.496 e. The Bertz CT molecular complexity index is 749. The minimum atomic E-state index is -0.877. The molecule has 2 unspecified atom stereocenters. The maximum atomic E-state index is 12.5. The van der Waals surface area contributed by atoms with E-state index < -0.39 is 5.97 Å². The summed E-state index contributed by atoms with van der Waals surface area (Å²) in [6.07, 6.45) is 0.936. The molecule has 0 bridgehead atoms. The molecule has 0 spiro atoms. The highest BCUT2D eigenvalue weighted by Crippen LogP contribution is 2.24. The molecular formula is C21H26N2O4. The zero-order chi connectivity index (χ0) is 19.6. The number of aliphatic carboxylic acids is 1. The average Bonchev–Trinajstić information content (AvgIpc) is 2.66. The summed E-state index contributed by atoms with van der Waals surface area (Å²) in [6.45, 7) is 1.88. The van der Waals surface area contributed by atoms with E-state index in [1.807, 2.05) is 61.5 Å². The van der Waals surface area contributed by atoms with Gasteiger partial charge in [-0.05, 0) is 31.4 Å². The molecule has 2 rings (SSSR count). The van der Waals surface area contributed by atoms with Crippen LogP contribution in [0.5, 0.6) is 5.75 Å². The third kappa shape index (κ3) is 6.66. The minimum absolute atomic E-state index is 0.000157. The maximum absolute atomic E-state index is 12.5. The molecule has 0 radical (unpaired) electrons. The zero-order valence-corrected chi connectivity index (χ0v) is 15.6. The summed E-state index contributed by atoms with van der Waals surface area (Å²) in [6, 6.07) is 16.3. The van der Waals surface area contributed by atoms with Gasteiger partial charge >= 0.3 is 12.0 Å². The van der Waals surface area contributed by atoms with Crippen molar-refractivity contribution in [3.8, 4) is 5.75 Å². The topological polar surface area (TPSA) is 87.7 Å². The molecule has 2 amide bonds. The predicted octanol–water partition coefficient (Wildman–Crippen LogP) is 3.53. The third-order valence-corrected chi connectivity index (χ3v) is 4.32. The molecule has 0 saturated carbocycles. The summed E-state index contributed by atoms with van der Waals surface area (Å²) in [5, 5.41) is 14.8. The largest absolute Gasteiger partial charge is 0.496 e. The van der Waals surface area contributed by atoms with Crippen molar-refractivity contribution in [1.82, 2.24) is 10.6 Å². The number of benzene rings is 2. The first-order valence-corrected chi connectivity index (χ1v) is 8.95. The highest BCUT2D eigenvalue weighted by Gasteiger charge is 2.18. The summed E-state index contributed by atoms with van der Waals surface area (Å²) in [5.74, 6) is -0.172. The molecule has 0 saturated heterocycles. The number of carbonyl (C=O) groups excluding carboxylic acids is 1. The molecule has 3 N–H and O–H groups in total. The first-order chi connectivity index (χ1) is 13.0. The van der Waals surface area contributed by atoms with Crippen LogP contribution in [0.25, 0.3) is 0 Å². The number of carboxylic acids is 1. The molecule has 2 atom stereocenters. The normalized spacial score (nSPS) is 12.7. The number of hydrogen-bond acceptors (Lipinski definition) is 3. The summed E-state index contributed by atoms with van der Waals surface area (Å²) in [4.78, 5) is 23.4. The van der Waals surface area contributed by atoms with Crippen LogP contribution in [0.4, 0.5) is 4.79 Å². The molecule has 2 aromatic rings. The van der Waals surface area contributed by atoms with Crippen LogP contribution < -0.4 is 15.4 Å². The van der Waals surface area contributed by atoms with Gasteiger partial charge in [0.1, 0.15) is 5.75 Å². The third-order valence-electron chi connectivity index (χ3n) is 4.32. The van der Waals surface area contributed by atoms with Gasteiger partial charge in [-0.15, -0.1) is 0 Å². The number of rotatable bonds is 9. The highest BCUT2D eigenvalue weighted by molar-refractivity contribution is 5.75. The van der Waals surface area contributed by atoms with E-state index in [4.69, 9.17) is 9.84 Å². The summed E-state index contributed by atoms with van der Waals surface area (Å²) in [7, 11) is 1.59. The van der Waals surface area contributed by atoms with E-state index in [1.165, 1.54) is 0 Å². The van der Waals surface area contributed by atoms with Crippen molar-refractivity contribution in [3.63, 3.8) is 0 Å². The fourth-order valence-corrected chi connectivity index (χ4v) is 2.95. The van der Waals surface area contributed by atoms with Crippen molar-refractivity contribution in [2.24, 2.45) is 0 Å². The van der Waals surface area contributed by atoms with E-state index in [0.29, 0.717) is 18.6 Å². The smallest absolute Gasteiger partial charge is 0.315 e. The second-order valence-corrected chi connectivity index (χ2v) is 6.40. The number of amides is 2. The second-order valence-electron chi connectivity index (χ2n) is 6.40. The Morgan fingerprint density at radius 1 is 1.04 bits per heavy atom. The zero-order valence-electron chi connectivity index (χ0n) is 15.6. The van der Waals surface area contributed by atoms with E-state index in [-0.39, 0.29) is 24.5 Å². The van der Waals surface area contributed by atoms with Crippen molar-refractivity contribution in [1.29, 1.82) is 0 Å². The van der Waals surface area contributed by atoms with Crippen molar-refractivity contribution in [2.45, 2.75) is 38.3 Å². The van der Waals surface area contributed by atoms with E-state index in [1.54, 1.807) is 7.11 Å². The van der Waals surface area contributed by atoms with Gasteiger partial charge in [-0.3, -0.25) is 4.79 Å². The fraction of sp³-hybridized carbons (Fsp3) is 0.333. The van der Waals surface area contributed by atoms with Gasteiger partial charge in [-0.1, -0.05) is 48.5 Å². The van der Waals surface area contributed by atoms with Crippen LogP contribution in [-0.2, 0) is 11.2 Å². The lowest BCUT2D eigenvalue weighted by Gasteiger charge is -2.22. The number of carboxylic acid groups (broad SMARTS) is 1. The van der Waals surface area contributed by atoms with E-state index in [0.717, 1.165) is 11.1 Å². The Balaban J connectivity index is 2.00. The highest BCUT2D eigenvalue weighted by atomic mass is 16.5. The molecular weight excluding hydrogens is 344 g/mol. The van der Waals surface area contributed by atoms with Crippen LogP contribution in [0, 0.1) is 0 Å². The lowest BCUT2D eigenvalue weighted by molar-refractivity contribution is -0.137. The SMILES string of the molecule is COc1ccccc1C(C)NC(=O)NC(CCC(=O)O)Cc1ccccc1. The van der Waals surface area contributed by atoms with Crippen molar-refractivity contribution < 1.29 is 19.4 Å². The first kappa shape index (κ1) is 20.3. The van der Waals surface area contributed by atoms with Gasteiger partial charge in [-0.2, -0.15) is 0 Å². The van der Waals surface area contributed by atoms with Crippen molar-refractivity contribution in [3.05, 3.63) is 65.7 Å². The van der Waals surface area contributed by atoms with Crippen LogP contribution in [0.1, 0.15) is 36.9 Å². The average molecular weight is 370 g/mol. The molecule has 2 aromatic carbocycles. The van der Waals surface area contributed by atoms with Gasteiger partial charge in [-0.25, -0.2) is 4.79 Å². The number of ether oxygens (including phenoxy) is 1.